The summed E-state index contributed by atoms with van der Waals surface area (Å²) in [5.74, 6) is 0. The van der Waals surface area contributed by atoms with Crippen LogP contribution >= 0.6 is 0 Å². The number of aliphatic hydroxyl groups is 1. The second kappa shape index (κ2) is 3.89. The highest BCUT2D eigenvalue weighted by molar-refractivity contribution is 5.23. The molecule has 1 unspecified atom stereocenters. The van der Waals surface area contributed by atoms with E-state index in [2.05, 4.69) is 4.85 Å². The summed E-state index contributed by atoms with van der Waals surface area (Å²) in [5, 5.41) is 9.40. The minimum atomic E-state index is -0.636. The van der Waals surface area contributed by atoms with E-state index in [4.69, 9.17) is 6.57 Å². The molecule has 12 heavy (non-hydrogen) atoms. The zero-order chi connectivity index (χ0) is 8.97. The minimum Gasteiger partial charge on any atom is -0.381 e. The van der Waals surface area contributed by atoms with E-state index in [0.717, 1.165) is 11.1 Å². The van der Waals surface area contributed by atoms with E-state index in [0.29, 0.717) is 0 Å². The monoisotopic (exact) mass is 161 g/mol. The van der Waals surface area contributed by atoms with Crippen LogP contribution in [0.5, 0.6) is 0 Å². The topological polar surface area (TPSA) is 24.6 Å². The molecular weight excluding hydrogens is 150 g/mol. The molecule has 2 heteroatoms. The lowest BCUT2D eigenvalue weighted by atomic mass is 10.1. The Balaban J connectivity index is 2.76. The van der Waals surface area contributed by atoms with Crippen LogP contribution in [0.4, 0.5) is 0 Å². The van der Waals surface area contributed by atoms with E-state index in [-0.39, 0.29) is 6.54 Å². The Kier molecular flexibility index (Phi) is 2.84. The first-order valence-corrected chi connectivity index (χ1v) is 3.82. The van der Waals surface area contributed by atoms with Crippen molar-refractivity contribution < 1.29 is 5.11 Å². The molecule has 0 saturated carbocycles. The van der Waals surface area contributed by atoms with Gasteiger partial charge in [0, 0.05) is 0 Å². The molecule has 1 N–H and O–H groups in total. The van der Waals surface area contributed by atoms with Crippen LogP contribution in [0.3, 0.4) is 0 Å². The summed E-state index contributed by atoms with van der Waals surface area (Å²) in [7, 11) is 0. The summed E-state index contributed by atoms with van der Waals surface area (Å²) >= 11 is 0. The fourth-order valence-corrected chi connectivity index (χ4v) is 0.980. The van der Waals surface area contributed by atoms with Crippen LogP contribution < -0.4 is 0 Å². The predicted molar refractivity (Wildman–Crippen MR) is 47.6 cm³/mol. The van der Waals surface area contributed by atoms with Crippen molar-refractivity contribution in [3.05, 3.63) is 46.8 Å². The molecule has 0 amide bonds. The van der Waals surface area contributed by atoms with Crippen LogP contribution in [0.25, 0.3) is 4.85 Å². The van der Waals surface area contributed by atoms with Crippen molar-refractivity contribution in [2.45, 2.75) is 13.0 Å². The highest BCUT2D eigenvalue weighted by Gasteiger charge is 2.08. The first kappa shape index (κ1) is 8.76. The second-order valence-electron chi connectivity index (χ2n) is 2.77. The highest BCUT2D eigenvalue weighted by atomic mass is 16.3. The number of nitrogens with zero attached hydrogens (tertiary/aromatic N) is 1. The van der Waals surface area contributed by atoms with Crippen molar-refractivity contribution >= 4 is 0 Å². The molecule has 2 nitrogen and oxygen atoms in total. The Morgan fingerprint density at radius 1 is 1.42 bits per heavy atom. The predicted octanol–water partition coefficient (Wildman–Crippen LogP) is 1.95. The van der Waals surface area contributed by atoms with Crippen LogP contribution in [0.2, 0.25) is 0 Å². The van der Waals surface area contributed by atoms with Crippen LogP contribution in [-0.2, 0) is 0 Å². The summed E-state index contributed by atoms with van der Waals surface area (Å²) in [6.07, 6.45) is -0.636. The Morgan fingerprint density at radius 2 is 2.00 bits per heavy atom. The van der Waals surface area contributed by atoms with Gasteiger partial charge in [-0.25, -0.2) is 6.57 Å². The lowest BCUT2D eigenvalue weighted by molar-refractivity contribution is 0.195. The molecule has 1 aromatic carbocycles. The molecule has 0 aliphatic rings. The zero-order valence-corrected chi connectivity index (χ0v) is 6.99. The van der Waals surface area contributed by atoms with Gasteiger partial charge in [-0.1, -0.05) is 29.8 Å². The number of hydrogen-bond donors (Lipinski definition) is 1. The molecule has 1 rings (SSSR count). The van der Waals surface area contributed by atoms with Crippen LogP contribution in [-0.4, -0.2) is 11.7 Å². The number of rotatable bonds is 2. The van der Waals surface area contributed by atoms with Crippen molar-refractivity contribution in [1.82, 2.24) is 0 Å². The summed E-state index contributed by atoms with van der Waals surface area (Å²) in [6.45, 7) is 8.72. The van der Waals surface area contributed by atoms with E-state index < -0.39 is 6.10 Å². The molecule has 0 aliphatic carbocycles. The van der Waals surface area contributed by atoms with E-state index in [1.807, 2.05) is 31.2 Å². The summed E-state index contributed by atoms with van der Waals surface area (Å²) in [4.78, 5) is 3.13. The summed E-state index contributed by atoms with van der Waals surface area (Å²) < 4.78 is 0. The molecule has 0 fully saturated rings. The third kappa shape index (κ3) is 2.08. The average molecular weight is 161 g/mol. The quantitative estimate of drug-likeness (QED) is 0.659. The Labute approximate surface area is 72.3 Å². The molecular formula is C10H11NO. The fraction of sp³-hybridized carbons (Fsp3) is 0.300. The minimum absolute atomic E-state index is 0.142. The van der Waals surface area contributed by atoms with Crippen molar-refractivity contribution in [1.29, 1.82) is 0 Å². The van der Waals surface area contributed by atoms with Gasteiger partial charge in [-0.05, 0) is 12.5 Å². The van der Waals surface area contributed by atoms with E-state index in [9.17, 15) is 5.11 Å². The smallest absolute Gasteiger partial charge is 0.244 e. The number of aliphatic hydroxyl groups excluding tert-OH is 1. The van der Waals surface area contributed by atoms with E-state index in [1.54, 1.807) is 0 Å². The summed E-state index contributed by atoms with van der Waals surface area (Å²) in [5.41, 5.74) is 1.98. The molecule has 0 aromatic heterocycles. The van der Waals surface area contributed by atoms with E-state index >= 15 is 0 Å². The highest BCUT2D eigenvalue weighted by Crippen LogP contribution is 2.13. The maximum absolute atomic E-state index is 9.40. The zero-order valence-electron chi connectivity index (χ0n) is 6.99. The van der Waals surface area contributed by atoms with Crippen molar-refractivity contribution in [3.8, 4) is 0 Å². The molecule has 0 saturated heterocycles. The standard InChI is InChI=1S/C10H11NO/c1-8-3-5-9(6-4-8)10(12)7-11-2/h3-6,10,12H,7H2,1H3. The Bertz CT molecular complexity index is 284. The molecule has 1 atom stereocenters. The van der Waals surface area contributed by atoms with Crippen molar-refractivity contribution in [2.75, 3.05) is 6.54 Å². The first-order valence-electron chi connectivity index (χ1n) is 3.82. The van der Waals surface area contributed by atoms with Gasteiger partial charge in [0.1, 0.15) is 0 Å². The van der Waals surface area contributed by atoms with Gasteiger partial charge in [0.15, 0.2) is 6.10 Å². The molecule has 0 bridgehead atoms. The Hall–Kier alpha value is -1.33. The van der Waals surface area contributed by atoms with Gasteiger partial charge < -0.3 is 9.95 Å². The largest absolute Gasteiger partial charge is 0.381 e. The lowest BCUT2D eigenvalue weighted by Gasteiger charge is -2.03. The number of hydrogen-bond acceptors (Lipinski definition) is 1. The third-order valence-corrected chi connectivity index (χ3v) is 1.73. The molecule has 0 heterocycles. The summed E-state index contributed by atoms with van der Waals surface area (Å²) in [6, 6.07) is 7.57. The van der Waals surface area contributed by atoms with Crippen molar-refractivity contribution in [3.63, 3.8) is 0 Å². The fourth-order valence-electron chi connectivity index (χ4n) is 0.980. The van der Waals surface area contributed by atoms with Gasteiger partial charge in [0.2, 0.25) is 6.54 Å². The van der Waals surface area contributed by atoms with Gasteiger partial charge in [-0.15, -0.1) is 0 Å². The van der Waals surface area contributed by atoms with Gasteiger partial charge in [-0.2, -0.15) is 0 Å². The Morgan fingerprint density at radius 3 is 2.50 bits per heavy atom. The maximum Gasteiger partial charge on any atom is 0.244 e. The average Bonchev–Trinajstić information content (AvgIpc) is 2.06. The van der Waals surface area contributed by atoms with Crippen LogP contribution in [0.15, 0.2) is 24.3 Å². The van der Waals surface area contributed by atoms with Gasteiger partial charge in [-0.3, -0.25) is 0 Å². The molecule has 0 aliphatic heterocycles. The lowest BCUT2D eigenvalue weighted by Crippen LogP contribution is -1.99. The van der Waals surface area contributed by atoms with Gasteiger partial charge >= 0.3 is 0 Å². The number of aryl methyl sites for hydroxylation is 1. The molecule has 0 spiro atoms. The maximum atomic E-state index is 9.40. The molecule has 1 aromatic rings. The van der Waals surface area contributed by atoms with Crippen LogP contribution in [0.1, 0.15) is 17.2 Å². The van der Waals surface area contributed by atoms with Crippen LogP contribution in [0, 0.1) is 13.5 Å². The van der Waals surface area contributed by atoms with Gasteiger partial charge in [0.05, 0.1) is 0 Å². The van der Waals surface area contributed by atoms with Gasteiger partial charge in [0.25, 0.3) is 0 Å². The molecule has 62 valence electrons. The second-order valence-corrected chi connectivity index (χ2v) is 2.77. The molecule has 0 radical (unpaired) electrons. The van der Waals surface area contributed by atoms with E-state index in [1.165, 1.54) is 0 Å². The third-order valence-electron chi connectivity index (χ3n) is 1.73. The first-order chi connectivity index (χ1) is 5.74. The number of benzene rings is 1. The van der Waals surface area contributed by atoms with Crippen molar-refractivity contribution in [2.24, 2.45) is 0 Å². The SMILES string of the molecule is [C-]#[N+]CC(O)c1ccc(C)cc1. The normalized spacial score (nSPS) is 12.1.